The average molecular weight is 447 g/mol. The van der Waals surface area contributed by atoms with Crippen LogP contribution in [0.15, 0.2) is 52.6 Å². The molecule has 1 aromatic rings. The number of carbonyl (C=O) groups is 4. The van der Waals surface area contributed by atoms with Gasteiger partial charge in [-0.15, -0.1) is 0 Å². The largest absolute Gasteiger partial charge is 0.508 e. The number of amides is 2. The summed E-state index contributed by atoms with van der Waals surface area (Å²) in [5.41, 5.74) is 2.71. The highest BCUT2D eigenvalue weighted by Crippen LogP contribution is 2.56. The lowest BCUT2D eigenvalue weighted by Gasteiger charge is -2.42. The first-order chi connectivity index (χ1) is 15.8. The van der Waals surface area contributed by atoms with E-state index < -0.39 is 17.8 Å². The number of carbonyl (C=O) groups excluding carboxylic acids is 4. The zero-order chi connectivity index (χ0) is 23.6. The van der Waals surface area contributed by atoms with Gasteiger partial charge in [0.25, 0.3) is 0 Å². The van der Waals surface area contributed by atoms with Crippen LogP contribution >= 0.6 is 0 Å². The molecule has 7 heteroatoms. The molecule has 4 unspecified atom stereocenters. The monoisotopic (exact) mass is 447 g/mol. The maximum atomic E-state index is 13.3. The Hall–Kier alpha value is -3.48. The summed E-state index contributed by atoms with van der Waals surface area (Å²) in [5.74, 6) is -2.32. The fourth-order valence-corrected chi connectivity index (χ4v) is 6.05. The summed E-state index contributed by atoms with van der Waals surface area (Å²) in [4.78, 5) is 53.9. The third-order valence-corrected chi connectivity index (χ3v) is 7.50. The normalized spacial score (nSPS) is 28.9. The van der Waals surface area contributed by atoms with Crippen LogP contribution in [0, 0.1) is 17.8 Å². The van der Waals surface area contributed by atoms with Gasteiger partial charge < -0.3 is 9.84 Å². The highest BCUT2D eigenvalue weighted by Gasteiger charge is 2.56. The average Bonchev–Trinajstić information content (AvgIpc) is 3.05. The maximum absolute atomic E-state index is 13.3. The van der Waals surface area contributed by atoms with Crippen LogP contribution in [0.1, 0.15) is 38.2 Å². The minimum atomic E-state index is -0.588. The van der Waals surface area contributed by atoms with E-state index in [4.69, 9.17) is 4.74 Å². The van der Waals surface area contributed by atoms with E-state index in [1.165, 1.54) is 30.2 Å². The standard InChI is InChI=1S/C26H25NO6/c1-4-27-25(31)16-8-7-14-17(22(16)26(27)32)11-18-23(19(29)9-12(2)24(18)30)21(14)15-6-5-13(28)10-20(15)33-3/h5-7,9-10,16-17,21-22,28H,4,8,11H2,1-3H3. The Balaban J connectivity index is 1.73. The second-order valence-corrected chi connectivity index (χ2v) is 9.08. The number of phenols is 1. The van der Waals surface area contributed by atoms with Crippen molar-refractivity contribution in [2.45, 2.75) is 32.6 Å². The van der Waals surface area contributed by atoms with Gasteiger partial charge in [0.2, 0.25) is 11.8 Å². The SMILES string of the molecule is CCN1C(=O)C2CC=C3C(c4ccc(O)cc4OC)C4=C(CC3C2C1=O)C(=O)C(C)=CC4=O. The number of methoxy groups -OCH3 is 1. The Morgan fingerprint density at radius 1 is 1.12 bits per heavy atom. The highest BCUT2D eigenvalue weighted by molar-refractivity contribution is 6.23. The Morgan fingerprint density at radius 3 is 2.58 bits per heavy atom. The zero-order valence-electron chi connectivity index (χ0n) is 18.8. The fraction of sp³-hybridized carbons (Fsp3) is 0.385. The van der Waals surface area contributed by atoms with Crippen LogP contribution in [0.25, 0.3) is 0 Å². The predicted molar refractivity (Wildman–Crippen MR) is 118 cm³/mol. The van der Waals surface area contributed by atoms with Crippen molar-refractivity contribution < 1.29 is 29.0 Å². The van der Waals surface area contributed by atoms with Gasteiger partial charge in [-0.2, -0.15) is 0 Å². The molecule has 1 N–H and O–H groups in total. The van der Waals surface area contributed by atoms with Crippen LogP contribution < -0.4 is 4.74 Å². The second kappa shape index (κ2) is 7.54. The van der Waals surface area contributed by atoms with Gasteiger partial charge in [0, 0.05) is 40.8 Å². The molecule has 33 heavy (non-hydrogen) atoms. The lowest BCUT2D eigenvalue weighted by Crippen LogP contribution is -2.39. The molecule has 2 amide bonds. The molecule has 0 radical (unpaired) electrons. The first-order valence-electron chi connectivity index (χ1n) is 11.2. The Morgan fingerprint density at radius 2 is 1.88 bits per heavy atom. The van der Waals surface area contributed by atoms with Gasteiger partial charge in [0.15, 0.2) is 11.6 Å². The van der Waals surface area contributed by atoms with E-state index in [0.717, 1.165) is 5.57 Å². The Labute approximate surface area is 191 Å². The molecular weight excluding hydrogens is 422 g/mol. The number of likely N-dealkylation sites (tertiary alicyclic amines) is 1. The zero-order valence-corrected chi connectivity index (χ0v) is 18.8. The smallest absolute Gasteiger partial charge is 0.233 e. The number of hydrogen-bond acceptors (Lipinski definition) is 6. The fourth-order valence-electron chi connectivity index (χ4n) is 6.05. The molecule has 3 aliphatic carbocycles. The lowest BCUT2D eigenvalue weighted by molar-refractivity contribution is -0.139. The van der Waals surface area contributed by atoms with Crippen molar-refractivity contribution in [1.82, 2.24) is 4.90 Å². The van der Waals surface area contributed by atoms with E-state index in [9.17, 15) is 24.3 Å². The number of Topliss-reactive ketones (excluding diaryl/α,β-unsaturated/α-hetero) is 1. The summed E-state index contributed by atoms with van der Waals surface area (Å²) in [6, 6.07) is 4.69. The van der Waals surface area contributed by atoms with Gasteiger partial charge in [-0.05, 0) is 44.7 Å². The lowest BCUT2D eigenvalue weighted by atomic mass is 9.59. The number of imide groups is 1. The number of aromatic hydroxyl groups is 1. The molecule has 4 atom stereocenters. The first kappa shape index (κ1) is 21.4. The molecule has 0 saturated carbocycles. The molecule has 0 aromatic heterocycles. The molecule has 1 aromatic carbocycles. The number of ketones is 2. The molecule has 170 valence electrons. The van der Waals surface area contributed by atoms with E-state index in [1.807, 2.05) is 6.08 Å². The summed E-state index contributed by atoms with van der Waals surface area (Å²) in [6.07, 6.45) is 4.01. The number of ether oxygens (including phenoxy) is 1. The third kappa shape index (κ3) is 2.95. The van der Waals surface area contributed by atoms with Crippen LogP contribution in [0.5, 0.6) is 11.5 Å². The van der Waals surface area contributed by atoms with Crippen molar-refractivity contribution in [3.05, 3.63) is 58.2 Å². The van der Waals surface area contributed by atoms with Crippen LogP contribution in [0.3, 0.4) is 0 Å². The Bertz CT molecular complexity index is 1220. The highest BCUT2D eigenvalue weighted by atomic mass is 16.5. The van der Waals surface area contributed by atoms with E-state index in [-0.39, 0.29) is 41.5 Å². The van der Waals surface area contributed by atoms with Crippen LogP contribution in [0.4, 0.5) is 0 Å². The summed E-state index contributed by atoms with van der Waals surface area (Å²) in [7, 11) is 1.48. The van der Waals surface area contributed by atoms with Crippen molar-refractivity contribution in [2.24, 2.45) is 17.8 Å². The van der Waals surface area contributed by atoms with Crippen molar-refractivity contribution in [2.75, 3.05) is 13.7 Å². The van der Waals surface area contributed by atoms with Gasteiger partial charge in [-0.25, -0.2) is 0 Å². The third-order valence-electron chi connectivity index (χ3n) is 7.50. The van der Waals surface area contributed by atoms with Crippen LogP contribution in [-0.4, -0.2) is 47.0 Å². The predicted octanol–water partition coefficient (Wildman–Crippen LogP) is 2.85. The van der Waals surface area contributed by atoms with E-state index in [2.05, 4.69) is 0 Å². The van der Waals surface area contributed by atoms with E-state index >= 15 is 0 Å². The van der Waals surface area contributed by atoms with Crippen LogP contribution in [-0.2, 0) is 19.2 Å². The van der Waals surface area contributed by atoms with Crippen molar-refractivity contribution >= 4 is 23.4 Å². The summed E-state index contributed by atoms with van der Waals surface area (Å²) in [6.45, 7) is 3.72. The number of allylic oxidation sites excluding steroid dienone is 6. The molecule has 1 heterocycles. The van der Waals surface area contributed by atoms with Gasteiger partial charge in [-0.3, -0.25) is 24.1 Å². The number of fused-ring (bicyclic) bond motifs is 3. The molecule has 1 saturated heterocycles. The van der Waals surface area contributed by atoms with Crippen molar-refractivity contribution in [3.63, 3.8) is 0 Å². The molecule has 5 rings (SSSR count). The van der Waals surface area contributed by atoms with Gasteiger partial charge in [-0.1, -0.05) is 17.7 Å². The first-order valence-corrected chi connectivity index (χ1v) is 11.2. The molecule has 1 aliphatic heterocycles. The number of hydrogen-bond donors (Lipinski definition) is 1. The maximum Gasteiger partial charge on any atom is 0.233 e. The molecule has 0 spiro atoms. The second-order valence-electron chi connectivity index (χ2n) is 9.08. The van der Waals surface area contributed by atoms with Crippen LogP contribution in [0.2, 0.25) is 0 Å². The molecule has 7 nitrogen and oxygen atoms in total. The Kier molecular flexibility index (Phi) is 4.88. The van der Waals surface area contributed by atoms with Crippen molar-refractivity contribution in [3.8, 4) is 11.5 Å². The molecule has 0 bridgehead atoms. The molecular formula is C26H25NO6. The van der Waals surface area contributed by atoms with Gasteiger partial charge in [0.1, 0.15) is 11.5 Å². The van der Waals surface area contributed by atoms with E-state index in [0.29, 0.717) is 41.0 Å². The summed E-state index contributed by atoms with van der Waals surface area (Å²) >= 11 is 0. The minimum absolute atomic E-state index is 0.0202. The number of phenolic OH excluding ortho intramolecular Hbond substituents is 1. The van der Waals surface area contributed by atoms with Crippen molar-refractivity contribution in [1.29, 1.82) is 0 Å². The summed E-state index contributed by atoms with van der Waals surface area (Å²) in [5, 5.41) is 9.98. The van der Waals surface area contributed by atoms with E-state index in [1.54, 1.807) is 19.9 Å². The minimum Gasteiger partial charge on any atom is -0.508 e. The topological polar surface area (TPSA) is 101 Å². The van der Waals surface area contributed by atoms with Gasteiger partial charge in [0.05, 0.1) is 18.9 Å². The number of rotatable bonds is 3. The summed E-state index contributed by atoms with van der Waals surface area (Å²) < 4.78 is 5.53. The number of nitrogens with zero attached hydrogens (tertiary/aromatic N) is 1. The molecule has 4 aliphatic rings. The van der Waals surface area contributed by atoms with Gasteiger partial charge >= 0.3 is 0 Å². The number of benzene rings is 1. The molecule has 1 fully saturated rings. The quantitative estimate of drug-likeness (QED) is 0.434.